The van der Waals surface area contributed by atoms with Gasteiger partial charge in [-0.05, 0) is 42.0 Å². The number of hydrogen-bond donors (Lipinski definition) is 2. The maximum Gasteiger partial charge on any atom is 0.170 e. The average Bonchev–Trinajstić information content (AvgIpc) is 2.49. The molecule has 0 atom stereocenters. The second-order valence-electron chi connectivity index (χ2n) is 4.62. The van der Waals surface area contributed by atoms with Gasteiger partial charge in [-0.1, -0.05) is 38.8 Å². The average molecular weight is 369 g/mol. The van der Waals surface area contributed by atoms with Gasteiger partial charge in [-0.2, -0.15) is 0 Å². The van der Waals surface area contributed by atoms with Crippen LogP contribution in [0.2, 0.25) is 5.02 Å². The van der Waals surface area contributed by atoms with Gasteiger partial charge in [0.1, 0.15) is 0 Å². The predicted octanol–water partition coefficient (Wildman–Crippen LogP) is 3.83. The zero-order chi connectivity index (χ0) is 15.4. The van der Waals surface area contributed by atoms with E-state index >= 15 is 0 Å². The lowest BCUT2D eigenvalue weighted by molar-refractivity contribution is 0.318. The molecule has 0 aliphatic rings. The Kier molecular flexibility index (Phi) is 5.09. The molecule has 110 valence electrons. The van der Waals surface area contributed by atoms with Gasteiger partial charge in [-0.3, -0.25) is 0 Å². The SMILES string of the molecule is CN(Cc1ccc(Br)cc1Cl)c1ccc(/C(N)=N/O)cc1. The molecule has 0 saturated heterocycles. The van der Waals surface area contributed by atoms with Crippen molar-refractivity contribution in [2.75, 3.05) is 11.9 Å². The number of hydrogen-bond acceptors (Lipinski definition) is 3. The predicted molar refractivity (Wildman–Crippen MR) is 90.2 cm³/mol. The molecule has 0 fully saturated rings. The first-order valence-electron chi connectivity index (χ1n) is 6.24. The molecule has 4 nitrogen and oxygen atoms in total. The number of rotatable bonds is 4. The minimum atomic E-state index is 0.0974. The Hall–Kier alpha value is -1.72. The Bertz CT molecular complexity index is 658. The van der Waals surface area contributed by atoms with Gasteiger partial charge in [0.05, 0.1) is 0 Å². The van der Waals surface area contributed by atoms with Crippen molar-refractivity contribution < 1.29 is 5.21 Å². The number of amidine groups is 1. The maximum atomic E-state index is 8.65. The fourth-order valence-corrected chi connectivity index (χ4v) is 2.67. The van der Waals surface area contributed by atoms with E-state index in [0.717, 1.165) is 20.7 Å². The van der Waals surface area contributed by atoms with E-state index in [1.54, 1.807) is 0 Å². The van der Waals surface area contributed by atoms with E-state index < -0.39 is 0 Å². The van der Waals surface area contributed by atoms with Crippen molar-refractivity contribution in [1.82, 2.24) is 0 Å². The minimum Gasteiger partial charge on any atom is -0.409 e. The van der Waals surface area contributed by atoms with Crippen LogP contribution < -0.4 is 10.6 Å². The van der Waals surface area contributed by atoms with Crippen LogP contribution in [-0.4, -0.2) is 18.1 Å². The van der Waals surface area contributed by atoms with E-state index in [1.807, 2.05) is 49.5 Å². The van der Waals surface area contributed by atoms with Gasteiger partial charge in [0.15, 0.2) is 5.84 Å². The zero-order valence-corrected chi connectivity index (χ0v) is 13.8. The minimum absolute atomic E-state index is 0.0974. The summed E-state index contributed by atoms with van der Waals surface area (Å²) in [4.78, 5) is 2.07. The van der Waals surface area contributed by atoms with E-state index in [9.17, 15) is 0 Å². The molecular weight excluding hydrogens is 354 g/mol. The van der Waals surface area contributed by atoms with Crippen LogP contribution in [0.1, 0.15) is 11.1 Å². The third-order valence-corrected chi connectivity index (χ3v) is 3.98. The first-order chi connectivity index (χ1) is 10.0. The summed E-state index contributed by atoms with van der Waals surface area (Å²) in [5, 5.41) is 12.4. The number of nitrogens with zero attached hydrogens (tertiary/aromatic N) is 2. The molecule has 0 bridgehead atoms. The topological polar surface area (TPSA) is 61.8 Å². The Morgan fingerprint density at radius 2 is 1.95 bits per heavy atom. The lowest BCUT2D eigenvalue weighted by Crippen LogP contribution is -2.17. The second-order valence-corrected chi connectivity index (χ2v) is 5.95. The molecule has 3 N–H and O–H groups in total. The van der Waals surface area contributed by atoms with E-state index in [-0.39, 0.29) is 5.84 Å². The Labute approximate surface area is 136 Å². The quantitative estimate of drug-likeness (QED) is 0.373. The molecule has 6 heteroatoms. The first kappa shape index (κ1) is 15.7. The molecule has 0 saturated carbocycles. The van der Waals surface area contributed by atoms with E-state index in [0.29, 0.717) is 12.1 Å². The molecule has 2 aromatic rings. The number of halogens is 2. The van der Waals surface area contributed by atoms with Gasteiger partial charge in [0, 0.05) is 34.3 Å². The molecule has 0 heterocycles. The maximum absolute atomic E-state index is 8.65. The van der Waals surface area contributed by atoms with E-state index in [4.69, 9.17) is 22.5 Å². The van der Waals surface area contributed by atoms with Gasteiger partial charge in [0.25, 0.3) is 0 Å². The van der Waals surface area contributed by atoms with Crippen molar-refractivity contribution in [3.05, 3.63) is 63.1 Å². The summed E-state index contributed by atoms with van der Waals surface area (Å²) in [5.41, 5.74) is 8.28. The molecule has 0 unspecified atom stereocenters. The summed E-state index contributed by atoms with van der Waals surface area (Å²) >= 11 is 9.62. The van der Waals surface area contributed by atoms with Crippen LogP contribution in [0, 0.1) is 0 Å². The highest BCUT2D eigenvalue weighted by molar-refractivity contribution is 9.10. The lowest BCUT2D eigenvalue weighted by Gasteiger charge is -2.20. The normalized spacial score (nSPS) is 11.5. The van der Waals surface area contributed by atoms with E-state index in [1.165, 1.54) is 0 Å². The molecule has 2 rings (SSSR count). The summed E-state index contributed by atoms with van der Waals surface area (Å²) in [6.45, 7) is 0.690. The Morgan fingerprint density at radius 3 is 2.52 bits per heavy atom. The molecule has 0 radical (unpaired) electrons. The Balaban J connectivity index is 2.14. The Morgan fingerprint density at radius 1 is 1.29 bits per heavy atom. The fraction of sp³-hybridized carbons (Fsp3) is 0.133. The van der Waals surface area contributed by atoms with Gasteiger partial charge >= 0.3 is 0 Å². The monoisotopic (exact) mass is 367 g/mol. The molecule has 2 aromatic carbocycles. The summed E-state index contributed by atoms with van der Waals surface area (Å²) < 4.78 is 0.960. The molecule has 0 aromatic heterocycles. The highest BCUT2D eigenvalue weighted by Crippen LogP contribution is 2.24. The summed E-state index contributed by atoms with van der Waals surface area (Å²) in [5.74, 6) is 0.0974. The van der Waals surface area contributed by atoms with Crippen LogP contribution >= 0.6 is 27.5 Å². The molecule has 0 aliphatic carbocycles. The molecular formula is C15H15BrClN3O. The molecule has 0 amide bonds. The number of oxime groups is 1. The molecule has 21 heavy (non-hydrogen) atoms. The van der Waals surface area contributed by atoms with Crippen molar-refractivity contribution in [3.63, 3.8) is 0 Å². The van der Waals surface area contributed by atoms with Crippen LogP contribution in [0.3, 0.4) is 0 Å². The van der Waals surface area contributed by atoms with Crippen LogP contribution in [0.5, 0.6) is 0 Å². The number of anilines is 1. The van der Waals surface area contributed by atoms with Crippen LogP contribution in [0.25, 0.3) is 0 Å². The van der Waals surface area contributed by atoms with Gasteiger partial charge in [-0.25, -0.2) is 0 Å². The smallest absolute Gasteiger partial charge is 0.170 e. The largest absolute Gasteiger partial charge is 0.409 e. The van der Waals surface area contributed by atoms with E-state index in [2.05, 4.69) is 26.0 Å². The number of benzene rings is 2. The van der Waals surface area contributed by atoms with Crippen molar-refractivity contribution in [3.8, 4) is 0 Å². The van der Waals surface area contributed by atoms with Gasteiger partial charge in [-0.15, -0.1) is 0 Å². The number of nitrogens with two attached hydrogens (primary N) is 1. The molecule has 0 aliphatic heterocycles. The molecule has 0 spiro atoms. The summed E-state index contributed by atoms with van der Waals surface area (Å²) in [6.07, 6.45) is 0. The zero-order valence-electron chi connectivity index (χ0n) is 11.4. The van der Waals surface area contributed by atoms with Crippen LogP contribution in [-0.2, 0) is 6.54 Å². The summed E-state index contributed by atoms with van der Waals surface area (Å²) in [7, 11) is 1.98. The van der Waals surface area contributed by atoms with Crippen molar-refractivity contribution in [2.45, 2.75) is 6.54 Å². The third-order valence-electron chi connectivity index (χ3n) is 3.13. The van der Waals surface area contributed by atoms with Crippen molar-refractivity contribution >= 4 is 39.1 Å². The first-order valence-corrected chi connectivity index (χ1v) is 7.41. The third kappa shape index (κ3) is 3.89. The summed E-state index contributed by atoms with van der Waals surface area (Å²) in [6, 6.07) is 13.3. The highest BCUT2D eigenvalue weighted by atomic mass is 79.9. The van der Waals surface area contributed by atoms with Crippen molar-refractivity contribution in [2.24, 2.45) is 10.9 Å². The highest BCUT2D eigenvalue weighted by Gasteiger charge is 2.07. The second kappa shape index (κ2) is 6.83. The van der Waals surface area contributed by atoms with Gasteiger partial charge < -0.3 is 15.8 Å². The lowest BCUT2D eigenvalue weighted by atomic mass is 10.1. The van der Waals surface area contributed by atoms with Crippen LogP contribution in [0.15, 0.2) is 52.1 Å². The van der Waals surface area contributed by atoms with Gasteiger partial charge in [0.2, 0.25) is 0 Å². The standard InChI is InChI=1S/C15H15BrClN3O/c1-20(9-11-2-5-12(16)8-14(11)17)13-6-3-10(4-7-13)15(18)19-21/h2-8,21H,9H2,1H3,(H2,18,19). The van der Waals surface area contributed by atoms with Crippen molar-refractivity contribution in [1.29, 1.82) is 0 Å². The fourth-order valence-electron chi connectivity index (χ4n) is 1.94. The van der Waals surface area contributed by atoms with Crippen LogP contribution in [0.4, 0.5) is 5.69 Å².